The molecule has 1 aliphatic rings. The summed E-state index contributed by atoms with van der Waals surface area (Å²) in [6.45, 7) is 8.85. The molecule has 2 aromatic rings. The van der Waals surface area contributed by atoms with Crippen molar-refractivity contribution in [1.82, 2.24) is 9.97 Å². The fourth-order valence-corrected chi connectivity index (χ4v) is 5.36. The summed E-state index contributed by atoms with van der Waals surface area (Å²) in [6.07, 6.45) is 6.48. The van der Waals surface area contributed by atoms with E-state index in [9.17, 15) is 14.7 Å². The molecular weight excluding hydrogens is 418 g/mol. The van der Waals surface area contributed by atoms with Gasteiger partial charge in [-0.3, -0.25) is 14.6 Å². The Labute approximate surface area is 185 Å². The maximum absolute atomic E-state index is 13.0. The van der Waals surface area contributed by atoms with Crippen molar-refractivity contribution in [3.05, 3.63) is 36.7 Å². The molecule has 30 heavy (non-hydrogen) atoms. The summed E-state index contributed by atoms with van der Waals surface area (Å²) in [5.74, 6) is 0.335. The molecule has 0 amide bonds. The van der Waals surface area contributed by atoms with E-state index < -0.39 is 5.56 Å². The highest BCUT2D eigenvalue weighted by Gasteiger charge is 2.33. The van der Waals surface area contributed by atoms with Crippen LogP contribution < -0.4 is 5.56 Å². The van der Waals surface area contributed by atoms with Gasteiger partial charge in [0.25, 0.3) is 5.56 Å². The van der Waals surface area contributed by atoms with Crippen LogP contribution in [0, 0.1) is 16.1 Å². The van der Waals surface area contributed by atoms with Crippen LogP contribution in [0.1, 0.15) is 79.7 Å². The Morgan fingerprint density at radius 3 is 2.73 bits per heavy atom. The highest BCUT2D eigenvalue weighted by molar-refractivity contribution is 7.71. The second-order valence-corrected chi connectivity index (χ2v) is 10.4. The van der Waals surface area contributed by atoms with Crippen molar-refractivity contribution in [2.24, 2.45) is 16.3 Å². The van der Waals surface area contributed by atoms with E-state index in [2.05, 4.69) is 42.7 Å². The molecule has 1 aliphatic carbocycles. The lowest BCUT2D eigenvalue weighted by Crippen LogP contribution is -2.26. The summed E-state index contributed by atoms with van der Waals surface area (Å²) in [6, 6.07) is 0. The Balaban J connectivity index is 2.03. The molecule has 3 rings (SSSR count). The summed E-state index contributed by atoms with van der Waals surface area (Å²) < 4.78 is 0.0462. The Morgan fingerprint density at radius 2 is 2.10 bits per heavy atom. The highest BCUT2D eigenvalue weighted by Crippen LogP contribution is 2.45. The standard InChI is InChI=1S/C22H29N3O3S2/c1-5-6-7-15(26)17-13-9-8-12(22(2,3)4)10-16(13)30-20(17)23-11-14-18(27)24-21(29)25-19(14)28/h11-12H,5-10H2,1-4H3,(H3,24,25,27,28,29)/b23-11+. The first kappa shape index (κ1) is 22.6. The van der Waals surface area contributed by atoms with E-state index in [0.717, 1.165) is 37.7 Å². The number of ketones is 1. The number of unbranched alkanes of at least 4 members (excludes halogenated alkanes) is 1. The van der Waals surface area contributed by atoms with E-state index in [-0.39, 0.29) is 27.4 Å². The number of carbonyl (C=O) groups excluding carboxylic acids is 1. The number of carbonyl (C=O) groups is 1. The van der Waals surface area contributed by atoms with Crippen molar-refractivity contribution in [2.75, 3.05) is 0 Å². The van der Waals surface area contributed by atoms with Crippen LogP contribution in [0.3, 0.4) is 0 Å². The molecule has 162 valence electrons. The molecule has 0 aliphatic heterocycles. The zero-order valence-electron chi connectivity index (χ0n) is 17.9. The lowest BCUT2D eigenvalue weighted by atomic mass is 9.72. The van der Waals surface area contributed by atoms with Crippen molar-refractivity contribution >= 4 is 40.6 Å². The van der Waals surface area contributed by atoms with E-state index in [1.807, 2.05) is 0 Å². The fraction of sp³-hybridized carbons (Fsp3) is 0.545. The largest absolute Gasteiger partial charge is 0.494 e. The molecule has 0 radical (unpaired) electrons. The number of aromatic hydroxyl groups is 1. The van der Waals surface area contributed by atoms with Crippen LogP contribution >= 0.6 is 23.6 Å². The van der Waals surface area contributed by atoms with Crippen molar-refractivity contribution in [1.29, 1.82) is 0 Å². The fourth-order valence-electron chi connectivity index (χ4n) is 3.88. The number of Topliss-reactive ketones (excluding diaryl/α,β-unsaturated/α-hetero) is 1. The number of aliphatic imine (C=N–C) groups is 1. The van der Waals surface area contributed by atoms with Crippen molar-refractivity contribution in [2.45, 2.75) is 66.2 Å². The zero-order chi connectivity index (χ0) is 22.1. The van der Waals surface area contributed by atoms with Crippen molar-refractivity contribution in [3.63, 3.8) is 0 Å². The van der Waals surface area contributed by atoms with E-state index in [4.69, 9.17) is 12.2 Å². The minimum atomic E-state index is -0.520. The third-order valence-corrected chi connectivity index (χ3v) is 7.14. The second kappa shape index (κ2) is 8.98. The van der Waals surface area contributed by atoms with Gasteiger partial charge in [0, 0.05) is 17.5 Å². The first-order valence-corrected chi connectivity index (χ1v) is 11.6. The Hall–Kier alpha value is -2.06. The number of rotatable bonds is 6. The van der Waals surface area contributed by atoms with E-state index in [1.54, 1.807) is 0 Å². The predicted molar refractivity (Wildman–Crippen MR) is 124 cm³/mol. The molecule has 0 bridgehead atoms. The van der Waals surface area contributed by atoms with Crippen LogP contribution in [0.15, 0.2) is 9.79 Å². The van der Waals surface area contributed by atoms with Crippen molar-refractivity contribution in [3.8, 4) is 5.88 Å². The molecule has 0 spiro atoms. The normalized spacial score (nSPS) is 16.7. The highest BCUT2D eigenvalue weighted by atomic mass is 32.1. The minimum Gasteiger partial charge on any atom is -0.494 e. The van der Waals surface area contributed by atoms with Gasteiger partial charge in [-0.2, -0.15) is 0 Å². The summed E-state index contributed by atoms with van der Waals surface area (Å²) in [4.78, 5) is 35.8. The van der Waals surface area contributed by atoms with Gasteiger partial charge in [0.2, 0.25) is 5.88 Å². The molecule has 3 N–H and O–H groups in total. The van der Waals surface area contributed by atoms with Crippen molar-refractivity contribution < 1.29 is 9.90 Å². The van der Waals surface area contributed by atoms with Gasteiger partial charge < -0.3 is 10.1 Å². The third-order valence-electron chi connectivity index (χ3n) is 5.78. The Bertz CT molecular complexity index is 1090. The molecule has 0 fully saturated rings. The molecule has 8 heteroatoms. The van der Waals surface area contributed by atoms with E-state index >= 15 is 0 Å². The number of nitrogens with zero attached hydrogens (tertiary/aromatic N) is 1. The monoisotopic (exact) mass is 447 g/mol. The number of thiophene rings is 1. The maximum Gasteiger partial charge on any atom is 0.264 e. The van der Waals surface area contributed by atoms with Gasteiger partial charge in [0.05, 0.1) is 5.56 Å². The van der Waals surface area contributed by atoms with Crippen LogP contribution in [0.4, 0.5) is 5.00 Å². The summed E-state index contributed by atoms with van der Waals surface area (Å²) in [7, 11) is 0. The molecule has 1 atom stereocenters. The van der Waals surface area contributed by atoms with Gasteiger partial charge in [-0.05, 0) is 54.8 Å². The molecule has 0 saturated heterocycles. The number of nitrogens with one attached hydrogen (secondary N) is 2. The van der Waals surface area contributed by atoms with Gasteiger partial charge in [-0.25, -0.2) is 4.99 Å². The average Bonchev–Trinajstić information content (AvgIpc) is 3.02. The Kier molecular flexibility index (Phi) is 6.77. The quantitative estimate of drug-likeness (QED) is 0.310. The molecule has 0 aromatic carbocycles. The first-order chi connectivity index (χ1) is 14.1. The van der Waals surface area contributed by atoms with Crippen LogP contribution in [-0.2, 0) is 12.8 Å². The number of aromatic amines is 2. The number of H-pyrrole nitrogens is 2. The SMILES string of the molecule is CCCCC(=O)c1c(/N=C/c2c(O)[nH]c(=S)[nH]c2=O)sc2c1CCC(C(C)(C)C)C2. The van der Waals surface area contributed by atoms with Gasteiger partial charge >= 0.3 is 0 Å². The van der Waals surface area contributed by atoms with Gasteiger partial charge in [-0.1, -0.05) is 34.1 Å². The lowest BCUT2D eigenvalue weighted by Gasteiger charge is -2.33. The minimum absolute atomic E-state index is 0.00510. The number of hydrogen-bond donors (Lipinski definition) is 3. The van der Waals surface area contributed by atoms with Gasteiger partial charge in [0.1, 0.15) is 10.6 Å². The summed E-state index contributed by atoms with van der Waals surface area (Å²) in [5, 5.41) is 10.7. The molecule has 1 unspecified atom stereocenters. The maximum atomic E-state index is 13.0. The number of hydrogen-bond acceptors (Lipinski definition) is 6. The number of fused-ring (bicyclic) bond motifs is 1. The topological polar surface area (TPSA) is 98.3 Å². The first-order valence-electron chi connectivity index (χ1n) is 10.4. The van der Waals surface area contributed by atoms with Crippen LogP contribution in [0.2, 0.25) is 0 Å². The predicted octanol–water partition coefficient (Wildman–Crippen LogP) is 5.47. The summed E-state index contributed by atoms with van der Waals surface area (Å²) in [5.41, 5.74) is 1.51. The molecule has 6 nitrogen and oxygen atoms in total. The second-order valence-electron chi connectivity index (χ2n) is 8.95. The van der Waals surface area contributed by atoms with E-state index in [1.165, 1.54) is 22.4 Å². The average molecular weight is 448 g/mol. The zero-order valence-corrected chi connectivity index (χ0v) is 19.6. The third kappa shape index (κ3) is 4.81. The van der Waals surface area contributed by atoms with E-state index in [0.29, 0.717) is 22.9 Å². The summed E-state index contributed by atoms with van der Waals surface area (Å²) >= 11 is 6.40. The smallest absolute Gasteiger partial charge is 0.264 e. The Morgan fingerprint density at radius 1 is 1.37 bits per heavy atom. The lowest BCUT2D eigenvalue weighted by molar-refractivity contribution is 0.0979. The molecule has 0 saturated carbocycles. The van der Waals surface area contributed by atoms with Gasteiger partial charge in [0.15, 0.2) is 10.6 Å². The van der Waals surface area contributed by atoms with Crippen LogP contribution in [0.25, 0.3) is 0 Å². The number of aromatic nitrogens is 2. The molecule has 2 heterocycles. The molecular formula is C22H29N3O3S2. The van der Waals surface area contributed by atoms with Crippen LogP contribution in [0.5, 0.6) is 5.88 Å². The van der Waals surface area contributed by atoms with Crippen LogP contribution in [-0.4, -0.2) is 27.1 Å². The molecule has 2 aromatic heterocycles. The van der Waals surface area contributed by atoms with Gasteiger partial charge in [-0.15, -0.1) is 11.3 Å².